The van der Waals surface area contributed by atoms with Crippen LogP contribution in [0.15, 0.2) is 12.2 Å². The van der Waals surface area contributed by atoms with Crippen LogP contribution in [0, 0.1) is 34.0 Å². The van der Waals surface area contributed by atoms with Crippen LogP contribution < -0.4 is 0 Å². The highest BCUT2D eigenvalue weighted by Crippen LogP contribution is 2.70. The number of allylic oxidation sites excluding steroid dienone is 1. The molecular weight excluding hydrogens is 304 g/mol. The molecule has 4 nitrogen and oxygen atoms in total. The first-order valence-electron chi connectivity index (χ1n) is 9.49. The van der Waals surface area contributed by atoms with Gasteiger partial charge in [-0.1, -0.05) is 19.9 Å². The van der Waals surface area contributed by atoms with Gasteiger partial charge < -0.3 is 15.3 Å². The van der Waals surface area contributed by atoms with Gasteiger partial charge in [-0.15, -0.1) is 0 Å². The van der Waals surface area contributed by atoms with Gasteiger partial charge >= 0.3 is 0 Å². The summed E-state index contributed by atoms with van der Waals surface area (Å²) in [5, 5.41) is 31.7. The summed E-state index contributed by atoms with van der Waals surface area (Å²) >= 11 is 0. The van der Waals surface area contributed by atoms with E-state index in [2.05, 4.69) is 13.5 Å². The summed E-state index contributed by atoms with van der Waals surface area (Å²) in [5.74, 6) is 0.351. The van der Waals surface area contributed by atoms with Crippen LogP contribution in [0.4, 0.5) is 0 Å². The number of ketones is 1. The summed E-state index contributed by atoms with van der Waals surface area (Å²) in [5.41, 5.74) is -0.657. The Hall–Kier alpha value is -0.710. The SMILES string of the molecule is C=C1C(=O)[C@]23C[C@H]1CC[C@H]2[C@]1(CO)CCC[C@](C)(CO)[C@H]1C[C@H]3O. The molecule has 0 amide bonds. The van der Waals surface area contributed by atoms with Crippen molar-refractivity contribution < 1.29 is 20.1 Å². The molecular formula is C20H30O4. The first-order valence-corrected chi connectivity index (χ1v) is 9.49. The van der Waals surface area contributed by atoms with Crippen LogP contribution in [0.2, 0.25) is 0 Å². The number of carbonyl (C=O) groups excluding carboxylic acids is 1. The normalized spacial score (nSPS) is 53.7. The predicted molar refractivity (Wildman–Crippen MR) is 90.1 cm³/mol. The maximum Gasteiger partial charge on any atom is 0.167 e. The minimum absolute atomic E-state index is 0.0120. The molecule has 0 heterocycles. The lowest BCUT2D eigenvalue weighted by molar-refractivity contribution is -0.221. The van der Waals surface area contributed by atoms with Gasteiger partial charge in [-0.3, -0.25) is 4.79 Å². The monoisotopic (exact) mass is 334 g/mol. The lowest BCUT2D eigenvalue weighted by atomic mass is 9.40. The third-order valence-corrected chi connectivity index (χ3v) is 8.55. The Morgan fingerprint density at radius 2 is 1.92 bits per heavy atom. The van der Waals surface area contributed by atoms with E-state index in [0.717, 1.165) is 32.1 Å². The first-order chi connectivity index (χ1) is 11.4. The summed E-state index contributed by atoms with van der Waals surface area (Å²) < 4.78 is 0. The average Bonchev–Trinajstić information content (AvgIpc) is 2.78. The lowest BCUT2D eigenvalue weighted by Crippen LogP contribution is -2.65. The molecule has 24 heavy (non-hydrogen) atoms. The predicted octanol–water partition coefficient (Wildman–Crippen LogP) is 2.07. The van der Waals surface area contributed by atoms with Crippen molar-refractivity contribution in [3.05, 3.63) is 12.2 Å². The second-order valence-corrected chi connectivity index (χ2v) is 9.29. The molecule has 4 aliphatic carbocycles. The van der Waals surface area contributed by atoms with Gasteiger partial charge in [-0.05, 0) is 67.3 Å². The highest BCUT2D eigenvalue weighted by atomic mass is 16.3. The second kappa shape index (κ2) is 5.15. The van der Waals surface area contributed by atoms with E-state index < -0.39 is 11.5 Å². The van der Waals surface area contributed by atoms with E-state index in [1.807, 2.05) is 0 Å². The fourth-order valence-corrected chi connectivity index (χ4v) is 7.35. The van der Waals surface area contributed by atoms with Crippen molar-refractivity contribution in [2.24, 2.45) is 34.0 Å². The number of rotatable bonds is 2. The Morgan fingerprint density at radius 1 is 1.17 bits per heavy atom. The van der Waals surface area contributed by atoms with Gasteiger partial charge in [0.1, 0.15) is 0 Å². The van der Waals surface area contributed by atoms with Crippen molar-refractivity contribution in [2.45, 2.75) is 58.0 Å². The van der Waals surface area contributed by atoms with Crippen molar-refractivity contribution in [3.8, 4) is 0 Å². The number of aliphatic hydroxyl groups is 3. The molecule has 4 rings (SSSR count). The molecule has 4 saturated carbocycles. The quantitative estimate of drug-likeness (QED) is 0.676. The van der Waals surface area contributed by atoms with E-state index in [9.17, 15) is 20.1 Å². The molecule has 0 aliphatic heterocycles. The van der Waals surface area contributed by atoms with Gasteiger partial charge in [0.15, 0.2) is 5.78 Å². The molecule has 1 spiro atoms. The molecule has 3 N–H and O–H groups in total. The third kappa shape index (κ3) is 1.72. The number of carbonyl (C=O) groups is 1. The van der Waals surface area contributed by atoms with Gasteiger partial charge in [-0.2, -0.15) is 0 Å². The smallest absolute Gasteiger partial charge is 0.167 e. The minimum atomic E-state index is -0.729. The Labute approximate surface area is 144 Å². The zero-order chi connectivity index (χ0) is 17.3. The van der Waals surface area contributed by atoms with E-state index in [0.29, 0.717) is 18.4 Å². The molecule has 134 valence electrons. The summed E-state index contributed by atoms with van der Waals surface area (Å²) in [6.07, 6.45) is 5.15. The van der Waals surface area contributed by atoms with Crippen LogP contribution in [0.5, 0.6) is 0 Å². The van der Waals surface area contributed by atoms with Gasteiger partial charge in [0, 0.05) is 18.6 Å². The van der Waals surface area contributed by atoms with E-state index >= 15 is 0 Å². The molecule has 0 aromatic rings. The molecule has 4 fully saturated rings. The zero-order valence-electron chi connectivity index (χ0n) is 14.6. The van der Waals surface area contributed by atoms with Crippen molar-refractivity contribution >= 4 is 5.78 Å². The molecule has 4 aliphatic rings. The largest absolute Gasteiger partial charge is 0.396 e. The summed E-state index contributed by atoms with van der Waals surface area (Å²) in [6.45, 7) is 6.25. The van der Waals surface area contributed by atoms with E-state index in [1.54, 1.807) is 0 Å². The number of hydrogen-bond acceptors (Lipinski definition) is 4. The van der Waals surface area contributed by atoms with Crippen LogP contribution in [0.25, 0.3) is 0 Å². The Morgan fingerprint density at radius 3 is 2.58 bits per heavy atom. The molecule has 7 atom stereocenters. The number of fused-ring (bicyclic) bond motifs is 3. The van der Waals surface area contributed by atoms with Gasteiger partial charge in [0.25, 0.3) is 0 Å². The maximum absolute atomic E-state index is 13.1. The van der Waals surface area contributed by atoms with Gasteiger partial charge in [0.05, 0.1) is 11.5 Å². The van der Waals surface area contributed by atoms with Crippen LogP contribution in [-0.4, -0.2) is 40.4 Å². The minimum Gasteiger partial charge on any atom is -0.396 e. The van der Waals surface area contributed by atoms with Crippen molar-refractivity contribution in [3.63, 3.8) is 0 Å². The number of aliphatic hydroxyl groups excluding tert-OH is 3. The molecule has 0 aromatic heterocycles. The highest BCUT2D eigenvalue weighted by molar-refractivity contribution is 6.03. The average molecular weight is 334 g/mol. The first kappa shape index (κ1) is 16.7. The maximum atomic E-state index is 13.1. The second-order valence-electron chi connectivity index (χ2n) is 9.29. The summed E-state index contributed by atoms with van der Waals surface area (Å²) in [4.78, 5) is 13.1. The fourth-order valence-electron chi connectivity index (χ4n) is 7.35. The van der Waals surface area contributed by atoms with E-state index in [1.165, 1.54) is 0 Å². The summed E-state index contributed by atoms with van der Waals surface area (Å²) in [7, 11) is 0. The number of hydrogen-bond donors (Lipinski definition) is 3. The van der Waals surface area contributed by atoms with E-state index in [4.69, 9.17) is 0 Å². The van der Waals surface area contributed by atoms with Crippen molar-refractivity contribution in [1.29, 1.82) is 0 Å². The zero-order valence-corrected chi connectivity index (χ0v) is 14.6. The van der Waals surface area contributed by atoms with Crippen molar-refractivity contribution in [1.82, 2.24) is 0 Å². The molecule has 2 bridgehead atoms. The molecule has 0 unspecified atom stereocenters. The lowest BCUT2D eigenvalue weighted by Gasteiger charge is -2.65. The van der Waals surface area contributed by atoms with E-state index in [-0.39, 0.29) is 47.6 Å². The van der Waals surface area contributed by atoms with Crippen LogP contribution >= 0.6 is 0 Å². The molecule has 0 saturated heterocycles. The molecule has 0 radical (unpaired) electrons. The van der Waals surface area contributed by atoms with Crippen LogP contribution in [0.1, 0.15) is 51.9 Å². The number of Topliss-reactive ketones (excluding diaryl/α,β-unsaturated/α-hetero) is 1. The fraction of sp³-hybridized carbons (Fsp3) is 0.850. The molecule has 4 heteroatoms. The third-order valence-electron chi connectivity index (χ3n) is 8.55. The Kier molecular flexibility index (Phi) is 3.59. The van der Waals surface area contributed by atoms with Gasteiger partial charge in [0.2, 0.25) is 0 Å². The van der Waals surface area contributed by atoms with Crippen LogP contribution in [0.3, 0.4) is 0 Å². The summed E-state index contributed by atoms with van der Waals surface area (Å²) in [6, 6.07) is 0. The molecule has 0 aromatic carbocycles. The topological polar surface area (TPSA) is 77.8 Å². The van der Waals surface area contributed by atoms with Crippen LogP contribution in [-0.2, 0) is 4.79 Å². The van der Waals surface area contributed by atoms with Crippen molar-refractivity contribution in [2.75, 3.05) is 13.2 Å². The standard InChI is InChI=1S/C20H30O4/c1-12-13-4-5-14-19(11-22)7-3-6-18(2,10-21)15(19)8-16(23)20(14,9-13)17(12)24/h13-16,21-23H,1,3-11H2,2H3/t13-,14+,15-,16-,18-,19-,20-/m1/s1. The highest BCUT2D eigenvalue weighted by Gasteiger charge is 2.71. The van der Waals surface area contributed by atoms with Gasteiger partial charge in [-0.25, -0.2) is 0 Å². The Balaban J connectivity index is 1.86. The Bertz CT molecular complexity index is 586.